The number of halogens is 1. The molecule has 0 radical (unpaired) electrons. The number of nitrogens with zero attached hydrogens (tertiary/aromatic N) is 2. The Bertz CT molecular complexity index is 1280. The third-order valence-electron chi connectivity index (χ3n) is 5.74. The van der Waals surface area contributed by atoms with Crippen LogP contribution < -0.4 is 10.3 Å². The molecule has 0 amide bonds. The lowest BCUT2D eigenvalue weighted by Gasteiger charge is -2.29. The second-order valence-electron chi connectivity index (χ2n) is 7.80. The molecule has 1 aromatic heterocycles. The second-order valence-corrected chi connectivity index (χ2v) is 9.72. The first-order chi connectivity index (χ1) is 14.3. The quantitative estimate of drug-likeness (QED) is 0.622. The molecule has 1 aliphatic heterocycles. The standard InChI is InChI=1S/C23H25FN2O3S/c1-3-25-15-22(30(28,29)17-9-7-8-16(2)12-17)23(27)18-13-19(24)21(14-20(18)25)26-10-5-4-6-11-26/h7-9,12-15H,3-6,10-11H2,1-2H3. The van der Waals surface area contributed by atoms with E-state index in [1.807, 2.05) is 11.8 Å². The SMILES string of the molecule is CCn1cc(S(=O)(=O)c2cccc(C)c2)c(=O)c2cc(F)c(N3CCCCC3)cc21. The molecule has 0 unspecified atom stereocenters. The van der Waals surface area contributed by atoms with E-state index in [0.29, 0.717) is 17.7 Å². The lowest BCUT2D eigenvalue weighted by atomic mass is 10.1. The van der Waals surface area contributed by atoms with Crippen molar-refractivity contribution in [3.63, 3.8) is 0 Å². The van der Waals surface area contributed by atoms with Gasteiger partial charge in [0, 0.05) is 25.8 Å². The molecule has 1 aliphatic rings. The Labute approximate surface area is 175 Å². The number of anilines is 1. The van der Waals surface area contributed by atoms with E-state index in [1.54, 1.807) is 29.7 Å². The van der Waals surface area contributed by atoms with Gasteiger partial charge in [0.2, 0.25) is 15.3 Å². The molecule has 2 heterocycles. The van der Waals surface area contributed by atoms with E-state index in [-0.39, 0.29) is 15.2 Å². The van der Waals surface area contributed by atoms with Crippen molar-refractivity contribution >= 4 is 26.4 Å². The van der Waals surface area contributed by atoms with Crippen LogP contribution >= 0.6 is 0 Å². The molecule has 0 N–H and O–H groups in total. The first-order valence-corrected chi connectivity index (χ1v) is 11.7. The number of aryl methyl sites for hydroxylation is 2. The molecular weight excluding hydrogens is 403 g/mol. The van der Waals surface area contributed by atoms with E-state index in [0.717, 1.165) is 37.9 Å². The minimum Gasteiger partial charge on any atom is -0.369 e. The van der Waals surface area contributed by atoms with Gasteiger partial charge in [0.15, 0.2) is 0 Å². The van der Waals surface area contributed by atoms with Gasteiger partial charge in [0.1, 0.15) is 10.7 Å². The van der Waals surface area contributed by atoms with Crippen molar-refractivity contribution in [2.45, 2.75) is 49.4 Å². The summed E-state index contributed by atoms with van der Waals surface area (Å²) in [5, 5.41) is 0.0869. The molecule has 30 heavy (non-hydrogen) atoms. The van der Waals surface area contributed by atoms with Crippen LogP contribution in [0.2, 0.25) is 0 Å². The summed E-state index contributed by atoms with van der Waals surface area (Å²) >= 11 is 0. The number of sulfone groups is 1. The van der Waals surface area contributed by atoms with Crippen LogP contribution in [0.3, 0.4) is 0 Å². The predicted molar refractivity (Wildman–Crippen MR) is 117 cm³/mol. The molecule has 0 atom stereocenters. The summed E-state index contributed by atoms with van der Waals surface area (Å²) in [6, 6.07) is 9.33. The van der Waals surface area contributed by atoms with Crippen LogP contribution in [-0.4, -0.2) is 26.1 Å². The summed E-state index contributed by atoms with van der Waals surface area (Å²) in [4.78, 5) is 14.9. The average Bonchev–Trinajstić information content (AvgIpc) is 2.74. The van der Waals surface area contributed by atoms with Crippen LogP contribution in [0, 0.1) is 12.7 Å². The van der Waals surface area contributed by atoms with Crippen molar-refractivity contribution in [2.75, 3.05) is 18.0 Å². The maximum atomic E-state index is 15.0. The van der Waals surface area contributed by atoms with Gasteiger partial charge >= 0.3 is 0 Å². The van der Waals surface area contributed by atoms with Gasteiger partial charge in [-0.15, -0.1) is 0 Å². The minimum absolute atomic E-state index is 0.0620. The zero-order valence-corrected chi connectivity index (χ0v) is 18.0. The zero-order chi connectivity index (χ0) is 21.5. The molecule has 158 valence electrons. The van der Waals surface area contributed by atoms with Gasteiger partial charge in [0.25, 0.3) is 0 Å². The Morgan fingerprint density at radius 3 is 2.47 bits per heavy atom. The number of rotatable bonds is 4. The predicted octanol–water partition coefficient (Wildman–Crippen LogP) is 4.29. The molecule has 1 saturated heterocycles. The van der Waals surface area contributed by atoms with Gasteiger partial charge in [-0.25, -0.2) is 12.8 Å². The number of benzene rings is 2. The van der Waals surface area contributed by atoms with E-state index in [2.05, 4.69) is 0 Å². The molecule has 1 fully saturated rings. The highest BCUT2D eigenvalue weighted by molar-refractivity contribution is 7.91. The number of fused-ring (bicyclic) bond motifs is 1. The number of pyridine rings is 1. The van der Waals surface area contributed by atoms with E-state index in [9.17, 15) is 17.6 Å². The van der Waals surface area contributed by atoms with Crippen LogP contribution in [0.25, 0.3) is 10.9 Å². The minimum atomic E-state index is -4.03. The topological polar surface area (TPSA) is 59.4 Å². The largest absolute Gasteiger partial charge is 0.369 e. The number of hydrogen-bond donors (Lipinski definition) is 0. The lowest BCUT2D eigenvalue weighted by Crippen LogP contribution is -2.30. The Morgan fingerprint density at radius 2 is 1.80 bits per heavy atom. The number of aromatic nitrogens is 1. The Kier molecular flexibility index (Phi) is 5.40. The average molecular weight is 429 g/mol. The molecule has 0 bridgehead atoms. The van der Waals surface area contributed by atoms with E-state index >= 15 is 0 Å². The van der Waals surface area contributed by atoms with Gasteiger partial charge in [-0.1, -0.05) is 12.1 Å². The number of hydrogen-bond acceptors (Lipinski definition) is 4. The maximum absolute atomic E-state index is 15.0. The fraction of sp³-hybridized carbons (Fsp3) is 0.348. The molecule has 0 spiro atoms. The summed E-state index contributed by atoms with van der Waals surface area (Å²) in [5.41, 5.74) is 1.14. The first-order valence-electron chi connectivity index (χ1n) is 10.3. The van der Waals surface area contributed by atoms with Gasteiger partial charge < -0.3 is 9.47 Å². The van der Waals surface area contributed by atoms with Gasteiger partial charge in [0.05, 0.1) is 21.5 Å². The Morgan fingerprint density at radius 1 is 1.07 bits per heavy atom. The second kappa shape index (κ2) is 7.87. The summed E-state index contributed by atoms with van der Waals surface area (Å²) in [6.07, 6.45) is 4.53. The number of piperidine rings is 1. The summed E-state index contributed by atoms with van der Waals surface area (Å²) in [5.74, 6) is -0.491. The highest BCUT2D eigenvalue weighted by atomic mass is 32.2. The molecule has 4 rings (SSSR count). The summed E-state index contributed by atoms with van der Waals surface area (Å²) in [7, 11) is -4.03. The Balaban J connectivity index is 1.94. The van der Waals surface area contributed by atoms with Gasteiger partial charge in [-0.05, 0) is 62.9 Å². The van der Waals surface area contributed by atoms with Crippen molar-refractivity contribution in [3.8, 4) is 0 Å². The smallest absolute Gasteiger partial charge is 0.211 e. The van der Waals surface area contributed by atoms with Crippen LogP contribution in [0.1, 0.15) is 31.7 Å². The van der Waals surface area contributed by atoms with Crippen molar-refractivity contribution < 1.29 is 12.8 Å². The molecule has 0 saturated carbocycles. The zero-order valence-electron chi connectivity index (χ0n) is 17.2. The van der Waals surface area contributed by atoms with Gasteiger partial charge in [-0.2, -0.15) is 0 Å². The normalized spacial score (nSPS) is 15.0. The van der Waals surface area contributed by atoms with Crippen molar-refractivity contribution in [3.05, 3.63) is 64.2 Å². The highest BCUT2D eigenvalue weighted by Crippen LogP contribution is 2.29. The Hall–Kier alpha value is -2.67. The fourth-order valence-electron chi connectivity index (χ4n) is 4.11. The first kappa shape index (κ1) is 20.6. The summed E-state index contributed by atoms with van der Waals surface area (Å²) < 4.78 is 43.1. The fourth-order valence-corrected chi connectivity index (χ4v) is 5.59. The van der Waals surface area contributed by atoms with Crippen molar-refractivity contribution in [1.82, 2.24) is 4.57 Å². The lowest BCUT2D eigenvalue weighted by molar-refractivity contribution is 0.557. The van der Waals surface area contributed by atoms with Crippen LogP contribution in [0.5, 0.6) is 0 Å². The molecule has 3 aromatic rings. The van der Waals surface area contributed by atoms with Crippen molar-refractivity contribution in [1.29, 1.82) is 0 Å². The van der Waals surface area contributed by atoms with Crippen LogP contribution in [0.4, 0.5) is 10.1 Å². The molecule has 5 nitrogen and oxygen atoms in total. The van der Waals surface area contributed by atoms with Crippen molar-refractivity contribution in [2.24, 2.45) is 0 Å². The molecule has 2 aromatic carbocycles. The summed E-state index contributed by atoms with van der Waals surface area (Å²) in [6.45, 7) is 5.67. The third-order valence-corrected chi connectivity index (χ3v) is 7.49. The highest BCUT2D eigenvalue weighted by Gasteiger charge is 2.25. The van der Waals surface area contributed by atoms with Crippen LogP contribution in [-0.2, 0) is 16.4 Å². The van der Waals surface area contributed by atoms with E-state index in [4.69, 9.17) is 0 Å². The van der Waals surface area contributed by atoms with Gasteiger partial charge in [-0.3, -0.25) is 4.79 Å². The molecular formula is C23H25FN2O3S. The van der Waals surface area contributed by atoms with Crippen LogP contribution in [0.15, 0.2) is 57.2 Å². The van der Waals surface area contributed by atoms with E-state index < -0.39 is 21.1 Å². The molecule has 0 aliphatic carbocycles. The molecule has 7 heteroatoms. The monoisotopic (exact) mass is 428 g/mol. The third kappa shape index (κ3) is 3.51. The maximum Gasteiger partial charge on any atom is 0.211 e. The van der Waals surface area contributed by atoms with E-state index in [1.165, 1.54) is 24.4 Å².